The first-order valence-corrected chi connectivity index (χ1v) is 9.95. The summed E-state index contributed by atoms with van der Waals surface area (Å²) in [6, 6.07) is 0. The third-order valence-electron chi connectivity index (χ3n) is 5.73. The first kappa shape index (κ1) is 20.6. The van der Waals surface area contributed by atoms with Crippen LogP contribution in [0.4, 0.5) is 0 Å². The Hall–Kier alpha value is -3.70. The van der Waals surface area contributed by atoms with Gasteiger partial charge in [-0.2, -0.15) is 0 Å². The lowest BCUT2D eigenvalue weighted by molar-refractivity contribution is 0.553. The molecule has 0 N–H and O–H groups in total. The van der Waals surface area contributed by atoms with Crippen molar-refractivity contribution in [2.45, 2.75) is 32.4 Å². The Morgan fingerprint density at radius 3 is 1.39 bits per heavy atom. The normalized spacial score (nSPS) is 11.7. The second kappa shape index (κ2) is 7.52. The van der Waals surface area contributed by atoms with Gasteiger partial charge in [0.05, 0.1) is 12.7 Å². The first-order valence-electron chi connectivity index (χ1n) is 9.95. The molecule has 0 spiro atoms. The van der Waals surface area contributed by atoms with Crippen molar-refractivity contribution >= 4 is 22.3 Å². The van der Waals surface area contributed by atoms with Crippen LogP contribution in [0, 0.1) is 0 Å². The van der Waals surface area contributed by atoms with Crippen molar-refractivity contribution in [3.63, 3.8) is 0 Å². The Bertz CT molecular complexity index is 1430. The Kier molecular flexibility index (Phi) is 4.99. The van der Waals surface area contributed by atoms with E-state index in [1.807, 2.05) is 0 Å². The van der Waals surface area contributed by atoms with Gasteiger partial charge in [0.2, 0.25) is 0 Å². The Morgan fingerprint density at radius 1 is 0.613 bits per heavy atom. The fourth-order valence-corrected chi connectivity index (χ4v) is 3.87. The van der Waals surface area contributed by atoms with Crippen molar-refractivity contribution < 1.29 is 0 Å². The number of nitrogens with zero attached hydrogens (tertiary/aromatic N) is 8. The van der Waals surface area contributed by atoms with Gasteiger partial charge in [0.1, 0.15) is 0 Å². The predicted molar refractivity (Wildman–Crippen MR) is 114 cm³/mol. The number of aryl methyl sites for hydroxylation is 4. The zero-order chi connectivity index (χ0) is 22.4. The number of unbranched alkanes of at least 4 members (excludes halogenated alkanes) is 2. The third kappa shape index (κ3) is 3.14. The van der Waals surface area contributed by atoms with Crippen LogP contribution >= 0.6 is 0 Å². The highest BCUT2D eigenvalue weighted by atomic mass is 16.2. The van der Waals surface area contributed by atoms with Crippen molar-refractivity contribution in [1.29, 1.82) is 0 Å². The van der Waals surface area contributed by atoms with Gasteiger partial charge < -0.3 is 9.13 Å². The topological polar surface area (TPSA) is 124 Å². The maximum absolute atomic E-state index is 12.5. The summed E-state index contributed by atoms with van der Waals surface area (Å²) in [7, 11) is 6.10. The van der Waals surface area contributed by atoms with Crippen LogP contribution in [0.5, 0.6) is 0 Å². The van der Waals surface area contributed by atoms with Gasteiger partial charge in [0.25, 0.3) is 11.1 Å². The molecule has 0 aromatic carbocycles. The van der Waals surface area contributed by atoms with E-state index in [1.54, 1.807) is 35.9 Å². The number of imidazole rings is 2. The van der Waals surface area contributed by atoms with Crippen molar-refractivity contribution in [3.8, 4) is 0 Å². The van der Waals surface area contributed by atoms with E-state index < -0.39 is 11.4 Å². The molecule has 4 aromatic rings. The van der Waals surface area contributed by atoms with Crippen LogP contribution in [0.1, 0.15) is 19.3 Å². The largest absolute Gasteiger partial charge is 0.332 e. The molecule has 0 aliphatic carbocycles. The van der Waals surface area contributed by atoms with Gasteiger partial charge in [-0.3, -0.25) is 27.9 Å². The molecule has 0 radical (unpaired) electrons. The van der Waals surface area contributed by atoms with Crippen LogP contribution in [0.3, 0.4) is 0 Å². The molecule has 12 heteroatoms. The van der Waals surface area contributed by atoms with Gasteiger partial charge in [0, 0.05) is 41.3 Å². The lowest BCUT2D eigenvalue weighted by Gasteiger charge is -2.08. The van der Waals surface area contributed by atoms with E-state index >= 15 is 0 Å². The molecule has 0 unspecified atom stereocenters. The van der Waals surface area contributed by atoms with Gasteiger partial charge in [-0.05, 0) is 19.3 Å². The summed E-state index contributed by atoms with van der Waals surface area (Å²) in [5.41, 5.74) is 0.0462. The van der Waals surface area contributed by atoms with Crippen molar-refractivity contribution in [1.82, 2.24) is 37.4 Å². The minimum absolute atomic E-state index is 0.359. The second-order valence-corrected chi connectivity index (χ2v) is 7.69. The summed E-state index contributed by atoms with van der Waals surface area (Å²) in [6.45, 7) is 1.18. The molecule has 0 atom stereocenters. The summed E-state index contributed by atoms with van der Waals surface area (Å²) < 4.78 is 8.44. The van der Waals surface area contributed by atoms with Gasteiger partial charge in [-0.15, -0.1) is 0 Å². The average molecular weight is 428 g/mol. The number of hydrogen-bond acceptors (Lipinski definition) is 6. The molecule has 12 nitrogen and oxygen atoms in total. The molecule has 0 aliphatic rings. The van der Waals surface area contributed by atoms with Crippen LogP contribution in [0.2, 0.25) is 0 Å². The molecule has 0 saturated carbocycles. The number of rotatable bonds is 6. The Balaban J connectivity index is 1.47. The minimum atomic E-state index is -0.404. The Morgan fingerprint density at radius 2 is 1.00 bits per heavy atom. The maximum Gasteiger partial charge on any atom is 0.332 e. The first-order chi connectivity index (χ1) is 14.7. The number of aromatic nitrogens is 8. The number of hydrogen-bond donors (Lipinski definition) is 0. The molecule has 31 heavy (non-hydrogen) atoms. The SMILES string of the molecule is Cn1c(=O)c2c(ncn2CCCCCn2cnc3c2c(=O)n(C)c(=O)n3C)n(C)c1=O. The zero-order valence-electron chi connectivity index (χ0n) is 17.9. The van der Waals surface area contributed by atoms with E-state index in [0.717, 1.165) is 28.4 Å². The van der Waals surface area contributed by atoms with E-state index in [0.29, 0.717) is 35.4 Å². The van der Waals surface area contributed by atoms with Gasteiger partial charge >= 0.3 is 11.4 Å². The zero-order valence-corrected chi connectivity index (χ0v) is 17.9. The third-order valence-corrected chi connectivity index (χ3v) is 5.73. The standard InChI is InChI=1S/C19H24N8O4/c1-22-14-12(16(28)24(3)18(22)30)26(10-20-14)8-6-5-7-9-27-11-21-15-13(27)17(29)25(4)19(31)23(15)2/h10-11H,5-9H2,1-4H3. The lowest BCUT2D eigenvalue weighted by atomic mass is 10.2. The predicted octanol–water partition coefficient (Wildman–Crippen LogP) is -0.949. The monoisotopic (exact) mass is 428 g/mol. The average Bonchev–Trinajstić information content (AvgIpc) is 3.38. The smallest absolute Gasteiger partial charge is 0.325 e. The molecular formula is C19H24N8O4. The van der Waals surface area contributed by atoms with Crippen LogP contribution in [0.15, 0.2) is 31.8 Å². The van der Waals surface area contributed by atoms with E-state index in [2.05, 4.69) is 9.97 Å². The highest BCUT2D eigenvalue weighted by molar-refractivity contribution is 5.70. The summed E-state index contributed by atoms with van der Waals surface area (Å²) in [6.07, 6.45) is 5.59. The molecule has 0 bridgehead atoms. The lowest BCUT2D eigenvalue weighted by Crippen LogP contribution is -2.37. The van der Waals surface area contributed by atoms with Crippen LogP contribution in [0.25, 0.3) is 22.3 Å². The maximum atomic E-state index is 12.5. The van der Waals surface area contributed by atoms with Crippen molar-refractivity contribution in [2.75, 3.05) is 0 Å². The molecule has 164 valence electrons. The highest BCUT2D eigenvalue weighted by Gasteiger charge is 2.15. The molecule has 0 amide bonds. The van der Waals surface area contributed by atoms with Gasteiger partial charge in [0.15, 0.2) is 22.3 Å². The van der Waals surface area contributed by atoms with E-state index in [9.17, 15) is 19.2 Å². The van der Waals surface area contributed by atoms with Crippen LogP contribution in [-0.4, -0.2) is 37.4 Å². The minimum Gasteiger partial charge on any atom is -0.325 e. The Labute approximate surface area is 175 Å². The summed E-state index contributed by atoms with van der Waals surface area (Å²) in [5.74, 6) is 0. The fourth-order valence-electron chi connectivity index (χ4n) is 3.87. The highest BCUT2D eigenvalue weighted by Crippen LogP contribution is 2.10. The van der Waals surface area contributed by atoms with E-state index in [-0.39, 0.29) is 11.1 Å². The van der Waals surface area contributed by atoms with Crippen LogP contribution < -0.4 is 22.5 Å². The molecule has 0 fully saturated rings. The van der Waals surface area contributed by atoms with Gasteiger partial charge in [-0.1, -0.05) is 0 Å². The summed E-state index contributed by atoms with van der Waals surface area (Å²) in [4.78, 5) is 57.5. The summed E-state index contributed by atoms with van der Waals surface area (Å²) in [5, 5.41) is 0. The molecule has 4 heterocycles. The van der Waals surface area contributed by atoms with Crippen molar-refractivity contribution in [2.24, 2.45) is 28.2 Å². The van der Waals surface area contributed by atoms with E-state index in [1.165, 1.54) is 23.2 Å². The molecule has 4 aromatic heterocycles. The molecule has 0 aliphatic heterocycles. The van der Waals surface area contributed by atoms with E-state index in [4.69, 9.17) is 0 Å². The fraction of sp³-hybridized carbons (Fsp3) is 0.474. The molecule has 0 saturated heterocycles. The second-order valence-electron chi connectivity index (χ2n) is 7.69. The quantitative estimate of drug-likeness (QED) is 0.365. The summed E-state index contributed by atoms with van der Waals surface area (Å²) >= 11 is 0. The van der Waals surface area contributed by atoms with Crippen LogP contribution in [-0.2, 0) is 41.3 Å². The molecular weight excluding hydrogens is 404 g/mol. The number of fused-ring (bicyclic) bond motifs is 2. The van der Waals surface area contributed by atoms with Crippen molar-refractivity contribution in [3.05, 3.63) is 54.3 Å². The van der Waals surface area contributed by atoms with Gasteiger partial charge in [-0.25, -0.2) is 19.6 Å². The molecule has 4 rings (SSSR count).